The van der Waals surface area contributed by atoms with Gasteiger partial charge in [-0.3, -0.25) is 0 Å². The molecule has 0 fully saturated rings. The lowest BCUT2D eigenvalue weighted by Gasteiger charge is -2.18. The quantitative estimate of drug-likeness (QED) is 0.173. The summed E-state index contributed by atoms with van der Waals surface area (Å²) in [6.45, 7) is 0. The average Bonchev–Trinajstić information content (AvgIpc) is 3.72. The summed E-state index contributed by atoms with van der Waals surface area (Å²) in [6, 6.07) is 62.1. The second-order valence-electron chi connectivity index (χ2n) is 13.2. The van der Waals surface area contributed by atoms with Gasteiger partial charge in [-0.1, -0.05) is 121 Å². The van der Waals surface area contributed by atoms with E-state index in [0.29, 0.717) is 0 Å². The van der Waals surface area contributed by atoms with Gasteiger partial charge in [-0.05, 0) is 114 Å². The van der Waals surface area contributed by atoms with Gasteiger partial charge in [0.1, 0.15) is 11.2 Å². The molecule has 0 unspecified atom stereocenters. The number of furan rings is 1. The number of hydrogen-bond donors (Lipinski definition) is 0. The van der Waals surface area contributed by atoms with Crippen molar-refractivity contribution in [1.29, 1.82) is 0 Å². The summed E-state index contributed by atoms with van der Waals surface area (Å²) in [4.78, 5) is 0. The zero-order valence-electron chi connectivity index (χ0n) is 27.0. The first-order chi connectivity index (χ1) is 24.8. The third kappa shape index (κ3) is 4.13. The van der Waals surface area contributed by atoms with E-state index in [1.807, 2.05) is 23.5 Å². The Morgan fingerprint density at radius 1 is 0.300 bits per heavy atom. The molecular formula is C48H28OS. The predicted octanol–water partition coefficient (Wildman–Crippen LogP) is 14.4. The van der Waals surface area contributed by atoms with E-state index in [2.05, 4.69) is 158 Å². The van der Waals surface area contributed by atoms with Crippen LogP contribution in [0.5, 0.6) is 0 Å². The number of benzene rings is 9. The monoisotopic (exact) mass is 652 g/mol. The van der Waals surface area contributed by atoms with E-state index in [-0.39, 0.29) is 0 Å². The molecule has 1 nitrogen and oxygen atoms in total. The van der Waals surface area contributed by atoms with Crippen molar-refractivity contribution in [3.63, 3.8) is 0 Å². The van der Waals surface area contributed by atoms with E-state index in [1.54, 1.807) is 0 Å². The van der Waals surface area contributed by atoms with Crippen LogP contribution in [0.25, 0.3) is 108 Å². The fourth-order valence-corrected chi connectivity index (χ4v) is 9.25. The van der Waals surface area contributed by atoms with Crippen LogP contribution < -0.4 is 0 Å². The molecule has 0 amide bonds. The van der Waals surface area contributed by atoms with Crippen LogP contribution in [0, 0.1) is 0 Å². The van der Waals surface area contributed by atoms with Crippen LogP contribution in [0.4, 0.5) is 0 Å². The van der Waals surface area contributed by atoms with Crippen LogP contribution in [-0.2, 0) is 0 Å². The van der Waals surface area contributed by atoms with E-state index in [1.165, 1.54) is 96.6 Å². The van der Waals surface area contributed by atoms with E-state index in [0.717, 1.165) is 11.2 Å². The molecule has 0 bridgehead atoms. The Hall–Kier alpha value is -6.22. The largest absolute Gasteiger partial charge is 0.456 e. The molecule has 0 aliphatic carbocycles. The Bertz CT molecular complexity index is 3090. The molecule has 0 saturated carbocycles. The Labute approximate surface area is 292 Å². The molecule has 0 aliphatic rings. The van der Waals surface area contributed by atoms with Gasteiger partial charge in [0.2, 0.25) is 0 Å². The van der Waals surface area contributed by atoms with E-state index in [4.69, 9.17) is 4.42 Å². The lowest BCUT2D eigenvalue weighted by Crippen LogP contribution is -1.91. The van der Waals surface area contributed by atoms with E-state index < -0.39 is 0 Å². The summed E-state index contributed by atoms with van der Waals surface area (Å²) in [7, 11) is 0. The van der Waals surface area contributed by atoms with Crippen molar-refractivity contribution in [2.45, 2.75) is 0 Å². The summed E-state index contributed by atoms with van der Waals surface area (Å²) in [5, 5.41) is 12.5. The van der Waals surface area contributed by atoms with Crippen LogP contribution in [0.1, 0.15) is 0 Å². The molecule has 11 rings (SSSR count). The van der Waals surface area contributed by atoms with Gasteiger partial charge in [0.05, 0.1) is 0 Å². The SMILES string of the molecule is c1ccc(-c2c3ccccc3c(-c3cccc(-c4ccc5sc6cc7cc8c(cc7cc6c5c4)oc4ccccc48)c3)c3ccccc23)cc1. The molecule has 0 aliphatic heterocycles. The van der Waals surface area contributed by atoms with Crippen LogP contribution in [0.3, 0.4) is 0 Å². The predicted molar refractivity (Wildman–Crippen MR) is 215 cm³/mol. The number of para-hydroxylation sites is 1. The highest BCUT2D eigenvalue weighted by atomic mass is 32.1. The Morgan fingerprint density at radius 2 is 0.860 bits per heavy atom. The highest BCUT2D eigenvalue weighted by molar-refractivity contribution is 7.25. The number of fused-ring (bicyclic) bond motifs is 9. The molecule has 232 valence electrons. The van der Waals surface area contributed by atoms with Gasteiger partial charge in [0, 0.05) is 30.9 Å². The van der Waals surface area contributed by atoms with Gasteiger partial charge in [0.15, 0.2) is 0 Å². The summed E-state index contributed by atoms with van der Waals surface area (Å²) in [5.41, 5.74) is 9.35. The summed E-state index contributed by atoms with van der Waals surface area (Å²) in [5.74, 6) is 0. The van der Waals surface area contributed by atoms with Gasteiger partial charge in [-0.15, -0.1) is 11.3 Å². The van der Waals surface area contributed by atoms with Gasteiger partial charge in [-0.2, -0.15) is 0 Å². The lowest BCUT2D eigenvalue weighted by atomic mass is 9.85. The molecule has 0 spiro atoms. The third-order valence-corrected chi connectivity index (χ3v) is 11.5. The van der Waals surface area contributed by atoms with E-state index in [9.17, 15) is 0 Å². The maximum atomic E-state index is 6.25. The van der Waals surface area contributed by atoms with Gasteiger partial charge >= 0.3 is 0 Å². The summed E-state index contributed by atoms with van der Waals surface area (Å²) < 4.78 is 8.86. The molecule has 0 atom stereocenters. The second-order valence-corrected chi connectivity index (χ2v) is 14.3. The van der Waals surface area contributed by atoms with Crippen molar-refractivity contribution in [3.05, 3.63) is 170 Å². The first kappa shape index (κ1) is 27.7. The van der Waals surface area contributed by atoms with Crippen LogP contribution >= 0.6 is 11.3 Å². The first-order valence-corrected chi connectivity index (χ1v) is 17.9. The van der Waals surface area contributed by atoms with Crippen molar-refractivity contribution in [2.24, 2.45) is 0 Å². The van der Waals surface area contributed by atoms with Crippen molar-refractivity contribution >= 4 is 85.8 Å². The normalized spacial score (nSPS) is 12.0. The molecular weight excluding hydrogens is 625 g/mol. The van der Waals surface area contributed by atoms with E-state index >= 15 is 0 Å². The van der Waals surface area contributed by atoms with Crippen molar-refractivity contribution < 1.29 is 4.42 Å². The van der Waals surface area contributed by atoms with Crippen molar-refractivity contribution in [1.82, 2.24) is 0 Å². The summed E-state index contributed by atoms with van der Waals surface area (Å²) in [6.07, 6.45) is 0. The first-order valence-electron chi connectivity index (χ1n) is 17.1. The van der Waals surface area contributed by atoms with Crippen molar-refractivity contribution in [2.75, 3.05) is 0 Å². The van der Waals surface area contributed by atoms with Crippen LogP contribution in [0.15, 0.2) is 174 Å². The zero-order valence-corrected chi connectivity index (χ0v) is 27.8. The number of hydrogen-bond acceptors (Lipinski definition) is 2. The highest BCUT2D eigenvalue weighted by Crippen LogP contribution is 2.45. The van der Waals surface area contributed by atoms with Crippen LogP contribution in [0.2, 0.25) is 0 Å². The number of rotatable bonds is 3. The maximum absolute atomic E-state index is 6.25. The van der Waals surface area contributed by atoms with Gasteiger partial charge in [0.25, 0.3) is 0 Å². The number of thiophene rings is 1. The molecule has 9 aromatic carbocycles. The molecule has 11 aromatic rings. The highest BCUT2D eigenvalue weighted by Gasteiger charge is 2.17. The Morgan fingerprint density at radius 3 is 1.62 bits per heavy atom. The second kappa shape index (κ2) is 10.6. The minimum atomic E-state index is 0.935. The molecule has 50 heavy (non-hydrogen) atoms. The molecule has 0 N–H and O–H groups in total. The maximum Gasteiger partial charge on any atom is 0.136 e. The molecule has 2 heteroatoms. The Balaban J connectivity index is 1.09. The minimum absolute atomic E-state index is 0.935. The fraction of sp³-hybridized carbons (Fsp3) is 0. The molecule has 0 saturated heterocycles. The minimum Gasteiger partial charge on any atom is -0.456 e. The smallest absolute Gasteiger partial charge is 0.136 e. The van der Waals surface area contributed by atoms with Gasteiger partial charge in [-0.25, -0.2) is 0 Å². The Kier molecular flexibility index (Phi) is 5.89. The molecule has 2 heterocycles. The standard InChI is InChI=1S/C48H28OS/c1-2-11-29(12-3-1)47-36-16-4-6-18-38(36)48(39-19-7-5-17-37(39)47)32-14-10-13-30(23-32)31-21-22-45-41(24-31)42-26-33-27-44-40(25-34(33)28-46(42)50-45)35-15-8-9-20-43(35)49-44/h1-28H. The lowest BCUT2D eigenvalue weighted by molar-refractivity contribution is 0.669. The third-order valence-electron chi connectivity index (χ3n) is 10.4. The zero-order chi connectivity index (χ0) is 32.8. The molecule has 2 aromatic heterocycles. The topological polar surface area (TPSA) is 13.1 Å². The molecule has 0 radical (unpaired) electrons. The van der Waals surface area contributed by atoms with Gasteiger partial charge < -0.3 is 4.42 Å². The van der Waals surface area contributed by atoms with Crippen LogP contribution in [-0.4, -0.2) is 0 Å². The fourth-order valence-electron chi connectivity index (χ4n) is 8.13. The van der Waals surface area contributed by atoms with Crippen molar-refractivity contribution in [3.8, 4) is 33.4 Å². The summed E-state index contributed by atoms with van der Waals surface area (Å²) >= 11 is 1.87. The average molecular weight is 653 g/mol.